The summed E-state index contributed by atoms with van der Waals surface area (Å²) in [5.74, 6) is 3.36. The van der Waals surface area contributed by atoms with Crippen molar-refractivity contribution in [3.8, 4) is 11.5 Å². The van der Waals surface area contributed by atoms with Crippen molar-refractivity contribution in [1.29, 1.82) is 0 Å². The predicted molar refractivity (Wildman–Crippen MR) is 130 cm³/mol. The van der Waals surface area contributed by atoms with E-state index in [2.05, 4.69) is 45.3 Å². The van der Waals surface area contributed by atoms with Gasteiger partial charge in [0.25, 0.3) is 0 Å². The molecule has 0 saturated carbocycles. The standard InChI is InChI=1S/C24H36N6O2/c1-5-25-24(28-18-20-7-8-21(31-3)16-22(20)32-4)27-17-19-9-10-26-23(15-19)30-13-11-29(6-2)12-14-30/h7-10,15-16H,5-6,11-14,17-18H2,1-4H3,(H2,25,27,28). The van der Waals surface area contributed by atoms with Gasteiger partial charge >= 0.3 is 0 Å². The Balaban J connectivity index is 1.63. The van der Waals surface area contributed by atoms with E-state index >= 15 is 0 Å². The number of nitrogens with one attached hydrogen (secondary N) is 2. The van der Waals surface area contributed by atoms with Crippen molar-refractivity contribution in [3.05, 3.63) is 47.7 Å². The number of piperazine rings is 1. The smallest absolute Gasteiger partial charge is 0.191 e. The van der Waals surface area contributed by atoms with Crippen molar-refractivity contribution in [2.45, 2.75) is 26.9 Å². The summed E-state index contributed by atoms with van der Waals surface area (Å²) < 4.78 is 10.8. The van der Waals surface area contributed by atoms with Crippen LogP contribution in [0.5, 0.6) is 11.5 Å². The van der Waals surface area contributed by atoms with Crippen molar-refractivity contribution >= 4 is 11.8 Å². The van der Waals surface area contributed by atoms with Crippen LogP contribution in [0.1, 0.15) is 25.0 Å². The normalized spacial score (nSPS) is 14.9. The number of likely N-dealkylation sites (N-methyl/N-ethyl adjacent to an activating group) is 1. The zero-order valence-electron chi connectivity index (χ0n) is 19.7. The van der Waals surface area contributed by atoms with E-state index in [4.69, 9.17) is 14.5 Å². The molecule has 0 amide bonds. The summed E-state index contributed by atoms with van der Waals surface area (Å²) in [5.41, 5.74) is 2.18. The van der Waals surface area contributed by atoms with Crippen LogP contribution in [-0.2, 0) is 13.1 Å². The van der Waals surface area contributed by atoms with Crippen LogP contribution >= 0.6 is 0 Å². The third-order valence-corrected chi connectivity index (χ3v) is 5.66. The van der Waals surface area contributed by atoms with Crippen molar-refractivity contribution < 1.29 is 9.47 Å². The van der Waals surface area contributed by atoms with Crippen molar-refractivity contribution in [2.24, 2.45) is 4.99 Å². The van der Waals surface area contributed by atoms with Crippen LogP contribution in [0.2, 0.25) is 0 Å². The van der Waals surface area contributed by atoms with Gasteiger partial charge in [0, 0.05) is 57.1 Å². The fourth-order valence-corrected chi connectivity index (χ4v) is 3.71. The van der Waals surface area contributed by atoms with Crippen molar-refractivity contribution in [3.63, 3.8) is 0 Å². The van der Waals surface area contributed by atoms with Crippen LogP contribution < -0.4 is 25.0 Å². The largest absolute Gasteiger partial charge is 0.497 e. The monoisotopic (exact) mass is 440 g/mol. The summed E-state index contributed by atoms with van der Waals surface area (Å²) in [4.78, 5) is 14.2. The number of ether oxygens (including phenoxy) is 2. The molecule has 8 heteroatoms. The Labute approximate surface area is 191 Å². The van der Waals surface area contributed by atoms with Gasteiger partial charge in [-0.15, -0.1) is 0 Å². The minimum absolute atomic E-state index is 0.583. The fraction of sp³-hybridized carbons (Fsp3) is 0.500. The summed E-state index contributed by atoms with van der Waals surface area (Å²) in [7, 11) is 3.32. The van der Waals surface area contributed by atoms with E-state index in [0.717, 1.165) is 73.7 Å². The van der Waals surface area contributed by atoms with Gasteiger partial charge in [0.05, 0.1) is 20.8 Å². The van der Waals surface area contributed by atoms with Gasteiger partial charge in [0.15, 0.2) is 5.96 Å². The minimum atomic E-state index is 0.583. The number of guanidine groups is 1. The lowest BCUT2D eigenvalue weighted by molar-refractivity contribution is 0.270. The van der Waals surface area contributed by atoms with E-state index in [-0.39, 0.29) is 0 Å². The Kier molecular flexibility index (Phi) is 8.98. The second kappa shape index (κ2) is 12.1. The summed E-state index contributed by atoms with van der Waals surface area (Å²) in [6, 6.07) is 10.0. The summed E-state index contributed by atoms with van der Waals surface area (Å²) in [6.45, 7) is 11.6. The molecule has 1 aromatic carbocycles. The molecular weight excluding hydrogens is 404 g/mol. The number of methoxy groups -OCH3 is 2. The van der Waals surface area contributed by atoms with Gasteiger partial charge in [-0.05, 0) is 43.3 Å². The van der Waals surface area contributed by atoms with E-state index in [9.17, 15) is 0 Å². The second-order valence-corrected chi connectivity index (χ2v) is 7.67. The van der Waals surface area contributed by atoms with E-state index in [0.29, 0.717) is 13.1 Å². The molecule has 3 rings (SSSR count). The number of nitrogens with zero attached hydrogens (tertiary/aromatic N) is 4. The number of rotatable bonds is 9. The molecule has 0 aliphatic carbocycles. The molecule has 0 bridgehead atoms. The first-order chi connectivity index (χ1) is 15.7. The second-order valence-electron chi connectivity index (χ2n) is 7.67. The van der Waals surface area contributed by atoms with Gasteiger partial charge in [0.2, 0.25) is 0 Å². The lowest BCUT2D eigenvalue weighted by Gasteiger charge is -2.34. The van der Waals surface area contributed by atoms with E-state index in [1.807, 2.05) is 30.5 Å². The molecule has 0 atom stereocenters. The van der Waals surface area contributed by atoms with Crippen LogP contribution in [-0.4, -0.2) is 69.3 Å². The molecule has 1 aliphatic rings. The number of pyridine rings is 1. The quantitative estimate of drug-likeness (QED) is 0.458. The molecule has 0 spiro atoms. The number of aromatic nitrogens is 1. The number of hydrogen-bond acceptors (Lipinski definition) is 6. The van der Waals surface area contributed by atoms with Crippen molar-refractivity contribution in [2.75, 3.05) is 58.4 Å². The lowest BCUT2D eigenvalue weighted by atomic mass is 10.2. The highest BCUT2D eigenvalue weighted by Crippen LogP contribution is 2.24. The first kappa shape index (κ1) is 23.7. The van der Waals surface area contributed by atoms with Crippen LogP contribution in [0.4, 0.5) is 5.82 Å². The first-order valence-electron chi connectivity index (χ1n) is 11.3. The summed E-state index contributed by atoms with van der Waals surface area (Å²) in [5, 5.41) is 6.71. The maximum Gasteiger partial charge on any atom is 0.191 e. The number of hydrogen-bond donors (Lipinski definition) is 2. The van der Waals surface area contributed by atoms with Gasteiger partial charge < -0.3 is 29.9 Å². The maximum atomic E-state index is 5.50. The van der Waals surface area contributed by atoms with Gasteiger partial charge in [0.1, 0.15) is 17.3 Å². The molecule has 0 unspecified atom stereocenters. The number of benzene rings is 1. The highest BCUT2D eigenvalue weighted by molar-refractivity contribution is 5.79. The molecule has 2 aromatic rings. The number of aliphatic imine (C=N–C) groups is 1. The van der Waals surface area contributed by atoms with E-state index in [1.54, 1.807) is 14.2 Å². The topological polar surface area (TPSA) is 74.3 Å². The van der Waals surface area contributed by atoms with Gasteiger partial charge in [-0.1, -0.05) is 6.92 Å². The van der Waals surface area contributed by atoms with Gasteiger partial charge in [-0.2, -0.15) is 0 Å². The molecule has 1 aliphatic heterocycles. The third kappa shape index (κ3) is 6.50. The predicted octanol–water partition coefficient (Wildman–Crippen LogP) is 2.50. The molecule has 32 heavy (non-hydrogen) atoms. The van der Waals surface area contributed by atoms with Crippen LogP contribution in [0, 0.1) is 0 Å². The van der Waals surface area contributed by atoms with E-state index < -0.39 is 0 Å². The fourth-order valence-electron chi connectivity index (χ4n) is 3.71. The molecule has 1 fully saturated rings. The maximum absolute atomic E-state index is 5.50. The number of anilines is 1. The molecule has 1 saturated heterocycles. The molecule has 8 nitrogen and oxygen atoms in total. The zero-order valence-corrected chi connectivity index (χ0v) is 19.7. The average molecular weight is 441 g/mol. The third-order valence-electron chi connectivity index (χ3n) is 5.66. The highest BCUT2D eigenvalue weighted by atomic mass is 16.5. The Hall–Kier alpha value is -3.00. The van der Waals surface area contributed by atoms with E-state index in [1.165, 1.54) is 0 Å². The molecule has 1 aromatic heterocycles. The molecule has 2 N–H and O–H groups in total. The highest BCUT2D eigenvalue weighted by Gasteiger charge is 2.16. The van der Waals surface area contributed by atoms with Crippen LogP contribution in [0.3, 0.4) is 0 Å². The Morgan fingerprint density at radius 1 is 1.03 bits per heavy atom. The van der Waals surface area contributed by atoms with Gasteiger partial charge in [-0.25, -0.2) is 9.98 Å². The molecule has 2 heterocycles. The molecule has 0 radical (unpaired) electrons. The summed E-state index contributed by atoms with van der Waals surface area (Å²) >= 11 is 0. The first-order valence-corrected chi connectivity index (χ1v) is 11.3. The molecule has 174 valence electrons. The summed E-state index contributed by atoms with van der Waals surface area (Å²) in [6.07, 6.45) is 1.88. The Morgan fingerprint density at radius 2 is 1.84 bits per heavy atom. The lowest BCUT2D eigenvalue weighted by Crippen LogP contribution is -2.46. The Morgan fingerprint density at radius 3 is 2.53 bits per heavy atom. The zero-order chi connectivity index (χ0) is 22.8. The molecular formula is C24H36N6O2. The average Bonchev–Trinajstić information content (AvgIpc) is 2.85. The minimum Gasteiger partial charge on any atom is -0.497 e. The van der Waals surface area contributed by atoms with Crippen LogP contribution in [0.15, 0.2) is 41.5 Å². The SMILES string of the molecule is CCNC(=NCc1ccnc(N2CCN(CC)CC2)c1)NCc1ccc(OC)cc1OC. The van der Waals surface area contributed by atoms with Crippen LogP contribution in [0.25, 0.3) is 0 Å². The Bertz CT molecular complexity index is 881. The van der Waals surface area contributed by atoms with Gasteiger partial charge in [-0.3, -0.25) is 0 Å². The van der Waals surface area contributed by atoms with Crippen molar-refractivity contribution in [1.82, 2.24) is 20.5 Å².